The first-order valence-corrected chi connectivity index (χ1v) is 7.42. The molecule has 2 aromatic rings. The monoisotopic (exact) mass is 291 g/mol. The quantitative estimate of drug-likeness (QED) is 0.848. The molecule has 0 bridgehead atoms. The highest BCUT2D eigenvalue weighted by atomic mass is 19.1. The number of halogens is 1. The molecule has 2 rings (SSSR count). The Labute approximate surface area is 124 Å². The van der Waals surface area contributed by atoms with Gasteiger partial charge in [-0.1, -0.05) is 12.1 Å². The second-order valence-corrected chi connectivity index (χ2v) is 5.36. The highest BCUT2D eigenvalue weighted by Crippen LogP contribution is 2.21. The van der Waals surface area contributed by atoms with E-state index in [1.165, 1.54) is 12.1 Å². The maximum absolute atomic E-state index is 13.1. The van der Waals surface area contributed by atoms with Gasteiger partial charge in [0.1, 0.15) is 5.82 Å². The number of benzene rings is 1. The molecule has 0 spiro atoms. The summed E-state index contributed by atoms with van der Waals surface area (Å²) in [5, 5.41) is 7.41. The Bertz CT molecular complexity index is 583. The van der Waals surface area contributed by atoms with E-state index in [-0.39, 0.29) is 5.82 Å². The van der Waals surface area contributed by atoms with Gasteiger partial charge in [0, 0.05) is 18.0 Å². The van der Waals surface area contributed by atoms with Crippen LogP contribution in [-0.4, -0.2) is 22.7 Å². The molecule has 21 heavy (non-hydrogen) atoms. The molecule has 1 heterocycles. The smallest absolute Gasteiger partial charge is 0.227 e. The summed E-state index contributed by atoms with van der Waals surface area (Å²) in [6, 6.07) is 5.00. The molecule has 1 aromatic carbocycles. The zero-order valence-electron chi connectivity index (χ0n) is 12.8. The third kappa shape index (κ3) is 4.36. The third-order valence-corrected chi connectivity index (χ3v) is 3.43. The van der Waals surface area contributed by atoms with E-state index < -0.39 is 0 Å². The molecule has 5 heteroatoms. The van der Waals surface area contributed by atoms with E-state index in [1.54, 1.807) is 6.07 Å². The number of aryl methyl sites for hydroxylation is 2. The van der Waals surface area contributed by atoms with Crippen LogP contribution in [0.15, 0.2) is 22.7 Å². The van der Waals surface area contributed by atoms with Crippen LogP contribution in [0.3, 0.4) is 0 Å². The molecule has 114 valence electrons. The Hall–Kier alpha value is -1.75. The Balaban J connectivity index is 1.98. The molecule has 0 aliphatic rings. The van der Waals surface area contributed by atoms with Crippen LogP contribution in [0.1, 0.15) is 38.1 Å². The summed E-state index contributed by atoms with van der Waals surface area (Å²) < 4.78 is 18.4. The van der Waals surface area contributed by atoms with Crippen LogP contribution in [0.4, 0.5) is 4.39 Å². The molecule has 0 radical (unpaired) electrons. The minimum atomic E-state index is -0.254. The van der Waals surface area contributed by atoms with Crippen LogP contribution < -0.4 is 5.32 Å². The number of hydrogen-bond donors (Lipinski definition) is 1. The largest absolute Gasteiger partial charge is 0.339 e. The topological polar surface area (TPSA) is 51.0 Å². The molecule has 0 aliphatic heterocycles. The van der Waals surface area contributed by atoms with Gasteiger partial charge in [-0.15, -0.1) is 0 Å². The third-order valence-electron chi connectivity index (χ3n) is 3.43. The normalized spacial score (nSPS) is 12.6. The minimum absolute atomic E-state index is 0.254. The Morgan fingerprint density at radius 2 is 2.19 bits per heavy atom. The van der Waals surface area contributed by atoms with E-state index in [9.17, 15) is 4.39 Å². The van der Waals surface area contributed by atoms with Crippen LogP contribution in [-0.2, 0) is 6.42 Å². The van der Waals surface area contributed by atoms with Gasteiger partial charge in [0.25, 0.3) is 0 Å². The second-order valence-electron chi connectivity index (χ2n) is 5.36. The molecular weight excluding hydrogens is 269 g/mol. The van der Waals surface area contributed by atoms with Crippen molar-refractivity contribution in [1.82, 2.24) is 15.5 Å². The molecular formula is C16H22FN3O. The summed E-state index contributed by atoms with van der Waals surface area (Å²) in [5.41, 5.74) is 1.61. The lowest BCUT2D eigenvalue weighted by Crippen LogP contribution is -2.27. The van der Waals surface area contributed by atoms with Crippen LogP contribution in [0, 0.1) is 12.7 Å². The van der Waals surface area contributed by atoms with Gasteiger partial charge >= 0.3 is 0 Å². The lowest BCUT2D eigenvalue weighted by Gasteiger charge is -2.10. The maximum atomic E-state index is 13.1. The van der Waals surface area contributed by atoms with E-state index in [4.69, 9.17) is 4.52 Å². The number of nitrogens with zero attached hydrogens (tertiary/aromatic N) is 2. The fraction of sp³-hybridized carbons (Fsp3) is 0.500. The van der Waals surface area contributed by atoms with Gasteiger partial charge in [0.05, 0.1) is 0 Å². The van der Waals surface area contributed by atoms with Crippen molar-refractivity contribution in [3.8, 4) is 11.4 Å². The van der Waals surface area contributed by atoms with Crippen molar-refractivity contribution in [2.24, 2.45) is 0 Å². The van der Waals surface area contributed by atoms with Gasteiger partial charge in [-0.3, -0.25) is 0 Å². The van der Waals surface area contributed by atoms with Gasteiger partial charge in [-0.2, -0.15) is 4.98 Å². The number of rotatable bonds is 7. The predicted molar refractivity (Wildman–Crippen MR) is 80.5 cm³/mol. The predicted octanol–water partition coefficient (Wildman–Crippen LogP) is 3.50. The first-order chi connectivity index (χ1) is 10.1. The number of aromatic nitrogens is 2. The van der Waals surface area contributed by atoms with Gasteiger partial charge in [0.2, 0.25) is 11.7 Å². The SMILES string of the molecule is CCCNC(C)CCc1nc(-c2ccc(F)cc2C)no1. The molecule has 1 atom stereocenters. The minimum Gasteiger partial charge on any atom is -0.339 e. The van der Waals surface area contributed by atoms with Gasteiger partial charge in [0.15, 0.2) is 0 Å². The average Bonchev–Trinajstić information content (AvgIpc) is 2.91. The molecule has 0 saturated heterocycles. The summed E-state index contributed by atoms with van der Waals surface area (Å²) in [4.78, 5) is 4.40. The molecule has 0 fully saturated rings. The Morgan fingerprint density at radius 3 is 2.90 bits per heavy atom. The zero-order chi connectivity index (χ0) is 15.2. The summed E-state index contributed by atoms with van der Waals surface area (Å²) in [5.74, 6) is 0.895. The second kappa shape index (κ2) is 7.31. The van der Waals surface area contributed by atoms with Crippen LogP contribution in [0.25, 0.3) is 11.4 Å². The fourth-order valence-electron chi connectivity index (χ4n) is 2.18. The van der Waals surface area contributed by atoms with Crippen molar-refractivity contribution < 1.29 is 8.91 Å². The lowest BCUT2D eigenvalue weighted by atomic mass is 10.1. The summed E-state index contributed by atoms with van der Waals surface area (Å²) in [6.45, 7) is 7.16. The first-order valence-electron chi connectivity index (χ1n) is 7.42. The van der Waals surface area contributed by atoms with Crippen molar-refractivity contribution in [3.05, 3.63) is 35.5 Å². The van der Waals surface area contributed by atoms with Crippen molar-refractivity contribution in [3.63, 3.8) is 0 Å². The van der Waals surface area contributed by atoms with Crippen LogP contribution in [0.2, 0.25) is 0 Å². The summed E-state index contributed by atoms with van der Waals surface area (Å²) in [6.07, 6.45) is 2.81. The number of hydrogen-bond acceptors (Lipinski definition) is 4. The maximum Gasteiger partial charge on any atom is 0.227 e. The van der Waals surface area contributed by atoms with E-state index >= 15 is 0 Å². The van der Waals surface area contributed by atoms with Crippen molar-refractivity contribution >= 4 is 0 Å². The molecule has 0 amide bonds. The van der Waals surface area contributed by atoms with Gasteiger partial charge in [-0.25, -0.2) is 4.39 Å². The highest BCUT2D eigenvalue weighted by Gasteiger charge is 2.12. The first kappa shape index (κ1) is 15.6. The molecule has 4 nitrogen and oxygen atoms in total. The zero-order valence-corrected chi connectivity index (χ0v) is 12.8. The van der Waals surface area contributed by atoms with Crippen molar-refractivity contribution in [2.75, 3.05) is 6.54 Å². The van der Waals surface area contributed by atoms with E-state index in [2.05, 4.69) is 29.3 Å². The average molecular weight is 291 g/mol. The lowest BCUT2D eigenvalue weighted by molar-refractivity contribution is 0.367. The van der Waals surface area contributed by atoms with E-state index in [0.717, 1.165) is 36.9 Å². The summed E-state index contributed by atoms with van der Waals surface area (Å²) in [7, 11) is 0. The molecule has 1 unspecified atom stereocenters. The van der Waals surface area contributed by atoms with E-state index in [1.807, 2.05) is 6.92 Å². The Morgan fingerprint density at radius 1 is 1.38 bits per heavy atom. The van der Waals surface area contributed by atoms with Crippen LogP contribution >= 0.6 is 0 Å². The number of nitrogens with one attached hydrogen (secondary N) is 1. The molecule has 0 aliphatic carbocycles. The molecule has 1 aromatic heterocycles. The van der Waals surface area contributed by atoms with Crippen molar-refractivity contribution in [2.45, 2.75) is 46.1 Å². The van der Waals surface area contributed by atoms with Gasteiger partial charge in [-0.05, 0) is 57.0 Å². The molecule has 1 N–H and O–H groups in total. The summed E-state index contributed by atoms with van der Waals surface area (Å²) >= 11 is 0. The standard InChI is InChI=1S/C16H22FN3O/c1-4-9-18-12(3)5-8-15-19-16(20-21-15)14-7-6-13(17)10-11(14)2/h6-7,10,12,18H,4-5,8-9H2,1-3H3. The highest BCUT2D eigenvalue weighted by molar-refractivity contribution is 5.59. The van der Waals surface area contributed by atoms with Crippen molar-refractivity contribution in [1.29, 1.82) is 0 Å². The molecule has 0 saturated carbocycles. The fourth-order valence-corrected chi connectivity index (χ4v) is 2.18. The van der Waals surface area contributed by atoms with Gasteiger partial charge < -0.3 is 9.84 Å². The van der Waals surface area contributed by atoms with E-state index in [0.29, 0.717) is 17.8 Å². The van der Waals surface area contributed by atoms with Crippen LogP contribution in [0.5, 0.6) is 0 Å². The Kier molecular flexibility index (Phi) is 5.44.